The lowest BCUT2D eigenvalue weighted by Gasteiger charge is -2.56. The maximum Gasteiger partial charge on any atom is 0.275 e. The molecule has 4 nitrogen and oxygen atoms in total. The fourth-order valence-corrected chi connectivity index (χ4v) is 7.83. The van der Waals surface area contributed by atoms with Crippen LogP contribution in [-0.4, -0.2) is 45.2 Å². The summed E-state index contributed by atoms with van der Waals surface area (Å²) in [6.45, 7) is 7.43. The van der Waals surface area contributed by atoms with Gasteiger partial charge in [-0.3, -0.25) is 4.79 Å². The molecular weight excluding hydrogens is 354 g/mol. The number of piperazine rings is 1. The summed E-state index contributed by atoms with van der Waals surface area (Å²) in [7, 11) is 0. The number of hydrogen-bond acceptors (Lipinski definition) is 2. The molecule has 0 unspecified atom stereocenters. The topological polar surface area (TPSA) is 38.0 Å². The Bertz CT molecular complexity index is 615. The van der Waals surface area contributed by atoms with Crippen LogP contribution >= 0.6 is 11.3 Å². The van der Waals surface area contributed by atoms with Crippen molar-refractivity contribution < 1.29 is 14.6 Å². The molecule has 4 bridgehead atoms. The number of carbonyl (C=O) groups is 1. The zero-order chi connectivity index (χ0) is 18.3. The highest BCUT2D eigenvalue weighted by Crippen LogP contribution is 2.59. The number of quaternary nitrogens is 2. The smallest absolute Gasteiger partial charge is 0.275 e. The molecule has 4 saturated carbocycles. The van der Waals surface area contributed by atoms with Crippen molar-refractivity contribution in [2.75, 3.05) is 39.3 Å². The molecular formula is C22H35N3OS+2. The maximum atomic E-state index is 12.6. The van der Waals surface area contributed by atoms with Gasteiger partial charge in [0.25, 0.3) is 5.91 Å². The fraction of sp³-hybridized carbons (Fsp3) is 0.773. The second-order valence-corrected chi connectivity index (χ2v) is 11.2. The standard InChI is InChI=1S/C22H33N3OS/c26-21(15-25-5-3-24(4-6-25)14-20-2-1-7-27-20)23-16-22-11-17-8-18(12-22)10-19(9-17)13-22/h1-2,7,17-19H,3-6,8-16H2,(H,23,26)/p+2. The first-order chi connectivity index (χ1) is 13.2. The molecule has 27 heavy (non-hydrogen) atoms. The summed E-state index contributed by atoms with van der Waals surface area (Å²) in [5.74, 6) is 3.21. The van der Waals surface area contributed by atoms with Crippen molar-refractivity contribution in [1.29, 1.82) is 0 Å². The largest absolute Gasteiger partial charge is 0.351 e. The quantitative estimate of drug-likeness (QED) is 0.646. The molecule has 3 N–H and O–H groups in total. The van der Waals surface area contributed by atoms with Gasteiger partial charge in [-0.15, -0.1) is 11.3 Å². The van der Waals surface area contributed by atoms with Crippen LogP contribution in [-0.2, 0) is 11.3 Å². The predicted molar refractivity (Wildman–Crippen MR) is 108 cm³/mol. The Morgan fingerprint density at radius 2 is 1.67 bits per heavy atom. The zero-order valence-electron chi connectivity index (χ0n) is 16.5. The van der Waals surface area contributed by atoms with Gasteiger partial charge in [0.2, 0.25) is 0 Å². The van der Waals surface area contributed by atoms with Crippen LogP contribution in [0, 0.1) is 23.2 Å². The highest BCUT2D eigenvalue weighted by molar-refractivity contribution is 7.09. The maximum absolute atomic E-state index is 12.6. The Kier molecular flexibility index (Phi) is 5.03. The van der Waals surface area contributed by atoms with Crippen LogP contribution in [0.15, 0.2) is 17.5 Å². The van der Waals surface area contributed by atoms with E-state index in [4.69, 9.17) is 0 Å². The van der Waals surface area contributed by atoms with Crippen LogP contribution < -0.4 is 15.1 Å². The first-order valence-corrected chi connectivity index (χ1v) is 12.0. The monoisotopic (exact) mass is 389 g/mol. The molecule has 0 radical (unpaired) electrons. The summed E-state index contributed by atoms with van der Waals surface area (Å²) in [6.07, 6.45) is 8.60. The van der Waals surface area contributed by atoms with E-state index in [1.165, 1.54) is 61.4 Å². The van der Waals surface area contributed by atoms with E-state index in [-0.39, 0.29) is 0 Å². The van der Waals surface area contributed by atoms with Gasteiger partial charge in [0.05, 0.1) is 4.88 Å². The van der Waals surface area contributed by atoms with Crippen LogP contribution in [0.4, 0.5) is 0 Å². The van der Waals surface area contributed by atoms with Crippen molar-refractivity contribution in [2.45, 2.75) is 45.1 Å². The van der Waals surface area contributed by atoms with Crippen LogP contribution in [0.2, 0.25) is 0 Å². The Hall–Kier alpha value is -0.910. The van der Waals surface area contributed by atoms with E-state index < -0.39 is 0 Å². The minimum absolute atomic E-state index is 0.294. The molecule has 1 aromatic rings. The minimum atomic E-state index is 0.294. The molecule has 4 aliphatic carbocycles. The van der Waals surface area contributed by atoms with E-state index in [2.05, 4.69) is 22.8 Å². The molecule has 2 heterocycles. The van der Waals surface area contributed by atoms with Crippen molar-refractivity contribution >= 4 is 17.2 Å². The Balaban J connectivity index is 1.05. The van der Waals surface area contributed by atoms with Crippen molar-refractivity contribution in [3.63, 3.8) is 0 Å². The van der Waals surface area contributed by atoms with Gasteiger partial charge in [0.1, 0.15) is 32.7 Å². The molecule has 1 aliphatic heterocycles. The van der Waals surface area contributed by atoms with Gasteiger partial charge >= 0.3 is 0 Å². The number of nitrogens with one attached hydrogen (secondary N) is 3. The van der Waals surface area contributed by atoms with Crippen molar-refractivity contribution in [1.82, 2.24) is 5.32 Å². The van der Waals surface area contributed by atoms with E-state index >= 15 is 0 Å². The van der Waals surface area contributed by atoms with Crippen molar-refractivity contribution in [3.05, 3.63) is 22.4 Å². The molecule has 1 saturated heterocycles. The number of carbonyl (C=O) groups excluding carboxylic acids is 1. The van der Waals surface area contributed by atoms with Crippen LogP contribution in [0.25, 0.3) is 0 Å². The first-order valence-electron chi connectivity index (χ1n) is 11.1. The number of hydrogen-bond donors (Lipinski definition) is 3. The van der Waals surface area contributed by atoms with E-state index in [0.717, 1.165) is 43.9 Å². The SMILES string of the molecule is O=C(C[NH+]1CC[NH+](Cc2cccs2)CC1)NCC12CC3CC(CC(C3)C1)C2. The van der Waals surface area contributed by atoms with Gasteiger partial charge in [-0.25, -0.2) is 0 Å². The van der Waals surface area contributed by atoms with Crippen molar-refractivity contribution in [2.24, 2.45) is 23.2 Å². The Morgan fingerprint density at radius 1 is 1.04 bits per heavy atom. The highest BCUT2D eigenvalue weighted by atomic mass is 32.1. The molecule has 0 atom stereocenters. The first kappa shape index (κ1) is 18.1. The van der Waals surface area contributed by atoms with Crippen LogP contribution in [0.5, 0.6) is 0 Å². The Labute approximate surface area is 167 Å². The zero-order valence-corrected chi connectivity index (χ0v) is 17.3. The van der Waals surface area contributed by atoms with Crippen LogP contribution in [0.3, 0.4) is 0 Å². The molecule has 0 spiro atoms. The Morgan fingerprint density at radius 3 is 2.26 bits per heavy atom. The second-order valence-electron chi connectivity index (χ2n) is 10.1. The van der Waals surface area contributed by atoms with Gasteiger partial charge in [-0.2, -0.15) is 0 Å². The third-order valence-corrected chi connectivity index (χ3v) is 8.78. The normalized spacial score (nSPS) is 40.2. The van der Waals surface area contributed by atoms with Crippen molar-refractivity contribution in [3.8, 4) is 0 Å². The number of thiophene rings is 1. The summed E-state index contributed by atoms with van der Waals surface area (Å²) in [5, 5.41) is 5.54. The summed E-state index contributed by atoms with van der Waals surface area (Å²) in [6, 6.07) is 4.39. The third kappa shape index (κ3) is 4.10. The minimum Gasteiger partial charge on any atom is -0.351 e. The van der Waals surface area contributed by atoms with Gasteiger partial charge in [-0.05, 0) is 73.1 Å². The average Bonchev–Trinajstić information content (AvgIpc) is 3.14. The average molecular weight is 390 g/mol. The van der Waals surface area contributed by atoms with Gasteiger partial charge < -0.3 is 15.1 Å². The lowest BCUT2D eigenvalue weighted by molar-refractivity contribution is -1.01. The highest BCUT2D eigenvalue weighted by Gasteiger charge is 2.50. The molecule has 5 fully saturated rings. The molecule has 5 heteroatoms. The summed E-state index contributed by atoms with van der Waals surface area (Å²) in [5.41, 5.74) is 0.462. The summed E-state index contributed by atoms with van der Waals surface area (Å²) >= 11 is 1.87. The van der Waals surface area contributed by atoms with E-state index in [1.807, 2.05) is 11.3 Å². The molecule has 1 amide bonds. The molecule has 5 aliphatic rings. The third-order valence-electron chi connectivity index (χ3n) is 7.90. The van der Waals surface area contributed by atoms with E-state index in [9.17, 15) is 4.79 Å². The van der Waals surface area contributed by atoms with Gasteiger partial charge in [0, 0.05) is 6.54 Å². The predicted octanol–water partition coefficient (Wildman–Crippen LogP) is 0.364. The van der Waals surface area contributed by atoms with Crippen LogP contribution in [0.1, 0.15) is 43.4 Å². The molecule has 6 rings (SSSR count). The second kappa shape index (κ2) is 7.49. The summed E-state index contributed by atoms with van der Waals surface area (Å²) < 4.78 is 0. The fourth-order valence-electron chi connectivity index (χ4n) is 7.05. The number of amides is 1. The lowest BCUT2D eigenvalue weighted by atomic mass is 9.49. The molecule has 148 valence electrons. The summed E-state index contributed by atoms with van der Waals surface area (Å²) in [4.78, 5) is 17.2. The lowest BCUT2D eigenvalue weighted by Crippen LogP contribution is -3.28. The van der Waals surface area contributed by atoms with E-state index in [1.54, 1.807) is 4.90 Å². The van der Waals surface area contributed by atoms with Gasteiger partial charge in [0.15, 0.2) is 6.54 Å². The van der Waals surface area contributed by atoms with Gasteiger partial charge in [-0.1, -0.05) is 6.07 Å². The molecule has 1 aromatic heterocycles. The number of rotatable bonds is 6. The van der Waals surface area contributed by atoms with E-state index in [0.29, 0.717) is 17.9 Å². The molecule has 0 aromatic carbocycles.